The van der Waals surface area contributed by atoms with Crippen molar-refractivity contribution in [2.75, 3.05) is 24.6 Å². The molecule has 0 bridgehead atoms. The Morgan fingerprint density at radius 2 is 2.21 bits per heavy atom. The first-order valence-corrected chi connectivity index (χ1v) is 6.14. The minimum atomic E-state index is -0.503. The Morgan fingerprint density at radius 1 is 1.47 bits per heavy atom. The Kier molecular flexibility index (Phi) is 4.22. The number of carbonyl (C=O) groups is 2. The Hall–Kier alpha value is -2.24. The van der Waals surface area contributed by atoms with Crippen LogP contribution in [0.15, 0.2) is 30.3 Å². The van der Waals surface area contributed by atoms with Crippen LogP contribution in [0.4, 0.5) is 15.3 Å². The number of cyclic esters (lactones) is 1. The average molecular weight is 264 g/mol. The summed E-state index contributed by atoms with van der Waals surface area (Å²) in [6.45, 7) is 2.70. The molecule has 1 aromatic rings. The lowest BCUT2D eigenvalue weighted by Crippen LogP contribution is -2.34. The van der Waals surface area contributed by atoms with Gasteiger partial charge in [-0.2, -0.15) is 0 Å². The Balaban J connectivity index is 1.88. The largest absolute Gasteiger partial charge is 0.450 e. The van der Waals surface area contributed by atoms with Crippen LogP contribution in [0.2, 0.25) is 0 Å². The fourth-order valence-electron chi connectivity index (χ4n) is 1.83. The lowest BCUT2D eigenvalue weighted by molar-refractivity contribution is 0.127. The predicted octanol–water partition coefficient (Wildman–Crippen LogP) is 1.76. The van der Waals surface area contributed by atoms with Crippen molar-refractivity contribution in [1.29, 1.82) is 0 Å². The first-order valence-electron chi connectivity index (χ1n) is 6.14. The second-order valence-corrected chi connectivity index (χ2v) is 4.05. The van der Waals surface area contributed by atoms with Gasteiger partial charge in [-0.3, -0.25) is 4.90 Å². The molecule has 1 N–H and O–H groups in total. The number of rotatable bonds is 4. The van der Waals surface area contributed by atoms with Gasteiger partial charge in [-0.15, -0.1) is 0 Å². The van der Waals surface area contributed by atoms with Crippen LogP contribution < -0.4 is 10.2 Å². The summed E-state index contributed by atoms with van der Waals surface area (Å²) in [5.74, 6) is 0. The number of nitrogens with zero attached hydrogens (tertiary/aromatic N) is 1. The second-order valence-electron chi connectivity index (χ2n) is 4.05. The van der Waals surface area contributed by atoms with Crippen LogP contribution >= 0.6 is 0 Å². The van der Waals surface area contributed by atoms with Gasteiger partial charge in [0.15, 0.2) is 0 Å². The number of hydrogen-bond donors (Lipinski definition) is 1. The third kappa shape index (κ3) is 3.37. The van der Waals surface area contributed by atoms with E-state index in [9.17, 15) is 9.59 Å². The molecule has 0 unspecified atom stereocenters. The van der Waals surface area contributed by atoms with E-state index in [-0.39, 0.29) is 12.6 Å². The summed E-state index contributed by atoms with van der Waals surface area (Å²) in [5.41, 5.74) is 0.783. The lowest BCUT2D eigenvalue weighted by atomic mass is 10.3. The first-order chi connectivity index (χ1) is 9.20. The van der Waals surface area contributed by atoms with Crippen LogP contribution in [-0.2, 0) is 9.47 Å². The highest BCUT2D eigenvalue weighted by Crippen LogP contribution is 2.20. The molecule has 1 aliphatic heterocycles. The number of hydrogen-bond acceptors (Lipinski definition) is 4. The van der Waals surface area contributed by atoms with E-state index in [0.717, 1.165) is 5.69 Å². The van der Waals surface area contributed by atoms with Crippen molar-refractivity contribution in [2.45, 2.75) is 13.0 Å². The molecule has 1 atom stereocenters. The van der Waals surface area contributed by atoms with Gasteiger partial charge in [-0.1, -0.05) is 18.2 Å². The molecular weight excluding hydrogens is 248 g/mol. The topological polar surface area (TPSA) is 67.9 Å². The summed E-state index contributed by atoms with van der Waals surface area (Å²) in [5, 5.41) is 2.55. The van der Waals surface area contributed by atoms with Crippen LogP contribution in [0.1, 0.15) is 6.92 Å². The summed E-state index contributed by atoms with van der Waals surface area (Å²) in [4.78, 5) is 24.4. The first kappa shape index (κ1) is 13.2. The quantitative estimate of drug-likeness (QED) is 0.899. The van der Waals surface area contributed by atoms with E-state index in [1.165, 1.54) is 4.90 Å². The normalized spacial score (nSPS) is 18.1. The molecule has 0 aliphatic carbocycles. The van der Waals surface area contributed by atoms with Gasteiger partial charge < -0.3 is 14.8 Å². The number of benzene rings is 1. The summed E-state index contributed by atoms with van der Waals surface area (Å²) < 4.78 is 9.91. The zero-order valence-electron chi connectivity index (χ0n) is 10.7. The molecule has 1 saturated heterocycles. The van der Waals surface area contributed by atoms with Gasteiger partial charge in [0.1, 0.15) is 6.10 Å². The zero-order chi connectivity index (χ0) is 13.7. The minimum absolute atomic E-state index is 0.244. The predicted molar refractivity (Wildman–Crippen MR) is 69.1 cm³/mol. The van der Waals surface area contributed by atoms with Crippen LogP contribution in [0.5, 0.6) is 0 Å². The number of para-hydroxylation sites is 1. The summed E-state index contributed by atoms with van der Waals surface area (Å²) >= 11 is 0. The fraction of sp³-hybridized carbons (Fsp3) is 0.385. The molecule has 1 fully saturated rings. The molecule has 1 aliphatic rings. The molecule has 0 saturated carbocycles. The molecule has 6 nitrogen and oxygen atoms in total. The molecule has 1 heterocycles. The number of carbonyl (C=O) groups excluding carboxylic acids is 2. The van der Waals surface area contributed by atoms with Gasteiger partial charge >= 0.3 is 12.2 Å². The van der Waals surface area contributed by atoms with Gasteiger partial charge in [-0.05, 0) is 19.1 Å². The number of ether oxygens (including phenoxy) is 2. The highest BCUT2D eigenvalue weighted by atomic mass is 16.6. The molecule has 2 rings (SSSR count). The molecule has 1 aromatic carbocycles. The Labute approximate surface area is 111 Å². The van der Waals surface area contributed by atoms with Gasteiger partial charge in [0.2, 0.25) is 0 Å². The van der Waals surface area contributed by atoms with Gasteiger partial charge in [0, 0.05) is 5.69 Å². The van der Waals surface area contributed by atoms with E-state index in [0.29, 0.717) is 13.2 Å². The van der Waals surface area contributed by atoms with Crippen molar-refractivity contribution >= 4 is 17.9 Å². The number of amides is 2. The van der Waals surface area contributed by atoms with E-state index >= 15 is 0 Å². The van der Waals surface area contributed by atoms with Gasteiger partial charge in [-0.25, -0.2) is 9.59 Å². The SMILES string of the molecule is CCOC(=O)NC[C@H]1CN(c2ccccc2)C(=O)O1. The smallest absolute Gasteiger partial charge is 0.414 e. The van der Waals surface area contributed by atoms with Crippen molar-refractivity contribution in [1.82, 2.24) is 5.32 Å². The Morgan fingerprint density at radius 3 is 2.89 bits per heavy atom. The van der Waals surface area contributed by atoms with E-state index in [1.807, 2.05) is 30.3 Å². The minimum Gasteiger partial charge on any atom is -0.450 e. The number of nitrogens with one attached hydrogen (secondary N) is 1. The highest BCUT2D eigenvalue weighted by molar-refractivity contribution is 5.89. The fourth-order valence-corrected chi connectivity index (χ4v) is 1.83. The molecule has 0 aromatic heterocycles. The van der Waals surface area contributed by atoms with Crippen LogP contribution in [0.3, 0.4) is 0 Å². The monoisotopic (exact) mass is 264 g/mol. The van der Waals surface area contributed by atoms with Crippen molar-refractivity contribution in [2.24, 2.45) is 0 Å². The number of anilines is 1. The number of alkyl carbamates (subject to hydrolysis) is 1. The summed E-state index contributed by atoms with van der Waals surface area (Å²) in [6.07, 6.45) is -1.27. The molecular formula is C13H16N2O4. The molecule has 0 radical (unpaired) electrons. The van der Waals surface area contributed by atoms with Crippen molar-refractivity contribution in [3.63, 3.8) is 0 Å². The van der Waals surface area contributed by atoms with E-state index in [4.69, 9.17) is 9.47 Å². The third-order valence-corrected chi connectivity index (χ3v) is 2.69. The van der Waals surface area contributed by atoms with Crippen molar-refractivity contribution in [3.05, 3.63) is 30.3 Å². The lowest BCUT2D eigenvalue weighted by Gasteiger charge is -2.12. The molecule has 2 amide bonds. The second kappa shape index (κ2) is 6.08. The average Bonchev–Trinajstić information content (AvgIpc) is 2.79. The third-order valence-electron chi connectivity index (χ3n) is 2.69. The van der Waals surface area contributed by atoms with Crippen molar-refractivity contribution in [3.8, 4) is 0 Å². The van der Waals surface area contributed by atoms with Crippen LogP contribution in [0.25, 0.3) is 0 Å². The molecule has 6 heteroatoms. The van der Waals surface area contributed by atoms with E-state index in [2.05, 4.69) is 5.32 Å². The van der Waals surface area contributed by atoms with Gasteiger partial charge in [0.25, 0.3) is 0 Å². The van der Waals surface area contributed by atoms with Crippen LogP contribution in [0, 0.1) is 0 Å². The molecule has 0 spiro atoms. The zero-order valence-corrected chi connectivity index (χ0v) is 10.7. The maximum Gasteiger partial charge on any atom is 0.414 e. The van der Waals surface area contributed by atoms with E-state index < -0.39 is 12.2 Å². The van der Waals surface area contributed by atoms with Gasteiger partial charge in [0.05, 0.1) is 19.7 Å². The maximum absolute atomic E-state index is 11.7. The maximum atomic E-state index is 11.7. The summed E-state index contributed by atoms with van der Waals surface area (Å²) in [7, 11) is 0. The van der Waals surface area contributed by atoms with E-state index in [1.54, 1.807) is 6.92 Å². The Bertz CT molecular complexity index is 449. The highest BCUT2D eigenvalue weighted by Gasteiger charge is 2.32. The van der Waals surface area contributed by atoms with Crippen LogP contribution in [-0.4, -0.2) is 38.0 Å². The molecule has 102 valence electrons. The molecule has 19 heavy (non-hydrogen) atoms. The summed E-state index contributed by atoms with van der Waals surface area (Å²) in [6, 6.07) is 9.26. The standard InChI is InChI=1S/C13H16N2O4/c1-2-18-12(16)14-8-11-9-15(13(17)19-11)10-6-4-3-5-7-10/h3-7,11H,2,8-9H2,1H3,(H,14,16)/t11-/m0/s1. The van der Waals surface area contributed by atoms with Crippen molar-refractivity contribution < 1.29 is 19.1 Å².